The lowest BCUT2D eigenvalue weighted by Gasteiger charge is -2.13. The van der Waals surface area contributed by atoms with E-state index in [9.17, 15) is 9.59 Å². The van der Waals surface area contributed by atoms with Gasteiger partial charge in [0.25, 0.3) is 5.91 Å². The van der Waals surface area contributed by atoms with Crippen LogP contribution >= 0.6 is 0 Å². The van der Waals surface area contributed by atoms with Crippen molar-refractivity contribution in [2.24, 2.45) is 0 Å². The van der Waals surface area contributed by atoms with Crippen molar-refractivity contribution in [2.45, 2.75) is 33.0 Å². The van der Waals surface area contributed by atoms with E-state index < -0.39 is 0 Å². The lowest BCUT2D eigenvalue weighted by Crippen LogP contribution is -2.27. The van der Waals surface area contributed by atoms with E-state index in [-0.39, 0.29) is 30.4 Å². The number of para-hydroxylation sites is 1. The van der Waals surface area contributed by atoms with Crippen LogP contribution in [0, 0.1) is 0 Å². The van der Waals surface area contributed by atoms with Gasteiger partial charge >= 0.3 is 0 Å². The molecule has 8 nitrogen and oxygen atoms in total. The first-order valence-corrected chi connectivity index (χ1v) is 9.28. The van der Waals surface area contributed by atoms with Crippen LogP contribution in [-0.2, 0) is 17.9 Å². The average molecular weight is 393 g/mol. The van der Waals surface area contributed by atoms with Gasteiger partial charge in [-0.2, -0.15) is 0 Å². The van der Waals surface area contributed by atoms with E-state index in [0.717, 1.165) is 5.56 Å². The van der Waals surface area contributed by atoms with Crippen LogP contribution in [-0.4, -0.2) is 32.7 Å². The summed E-state index contributed by atoms with van der Waals surface area (Å²) in [5.41, 5.74) is 1.40. The molecule has 0 atom stereocenters. The second kappa shape index (κ2) is 9.50. The van der Waals surface area contributed by atoms with E-state index in [1.807, 2.05) is 44.2 Å². The van der Waals surface area contributed by atoms with Crippen molar-refractivity contribution in [2.75, 3.05) is 5.32 Å². The minimum Gasteiger partial charge on any atom is -0.490 e. The Morgan fingerprint density at radius 2 is 1.79 bits per heavy atom. The van der Waals surface area contributed by atoms with Gasteiger partial charge in [-0.1, -0.05) is 42.5 Å². The van der Waals surface area contributed by atoms with E-state index in [1.54, 1.807) is 24.3 Å². The largest absolute Gasteiger partial charge is 0.490 e. The van der Waals surface area contributed by atoms with E-state index >= 15 is 0 Å². The lowest BCUT2D eigenvalue weighted by atomic mass is 10.2. The number of aromatic nitrogens is 3. The first kappa shape index (κ1) is 20.1. The maximum atomic E-state index is 12.5. The Morgan fingerprint density at radius 3 is 2.55 bits per heavy atom. The molecular formula is C21H23N5O3. The number of nitrogens with one attached hydrogen (secondary N) is 2. The molecule has 2 N–H and O–H groups in total. The predicted octanol–water partition coefficient (Wildman–Crippen LogP) is 2.63. The number of hydrogen-bond acceptors (Lipinski definition) is 5. The van der Waals surface area contributed by atoms with Crippen molar-refractivity contribution in [1.82, 2.24) is 20.1 Å². The molecule has 0 aliphatic rings. The highest BCUT2D eigenvalue weighted by Gasteiger charge is 2.15. The lowest BCUT2D eigenvalue weighted by molar-refractivity contribution is -0.122. The number of hydrogen-bond donors (Lipinski definition) is 2. The molecule has 0 radical (unpaired) electrons. The average Bonchev–Trinajstić information content (AvgIpc) is 3.13. The normalized spacial score (nSPS) is 10.6. The molecule has 0 aliphatic heterocycles. The molecule has 0 bridgehead atoms. The van der Waals surface area contributed by atoms with Crippen molar-refractivity contribution < 1.29 is 14.3 Å². The second-order valence-corrected chi connectivity index (χ2v) is 6.64. The molecule has 0 saturated heterocycles. The maximum Gasteiger partial charge on any atom is 0.261 e. The molecule has 1 heterocycles. The van der Waals surface area contributed by atoms with Crippen LogP contribution in [0.3, 0.4) is 0 Å². The summed E-state index contributed by atoms with van der Waals surface area (Å²) in [6.45, 7) is 4.22. The van der Waals surface area contributed by atoms with Gasteiger partial charge in [-0.25, -0.2) is 9.67 Å². The maximum absolute atomic E-state index is 12.5. The van der Waals surface area contributed by atoms with E-state index in [2.05, 4.69) is 20.7 Å². The zero-order valence-electron chi connectivity index (χ0n) is 16.3. The zero-order chi connectivity index (χ0) is 20.6. The molecule has 3 aromatic rings. The summed E-state index contributed by atoms with van der Waals surface area (Å²) in [5, 5.41) is 9.58. The molecule has 8 heteroatoms. The smallest absolute Gasteiger partial charge is 0.261 e. The minimum absolute atomic E-state index is 0.00273. The predicted molar refractivity (Wildman–Crippen MR) is 108 cm³/mol. The quantitative estimate of drug-likeness (QED) is 0.613. The van der Waals surface area contributed by atoms with Crippen LogP contribution in [0.5, 0.6) is 5.75 Å². The summed E-state index contributed by atoms with van der Waals surface area (Å²) in [7, 11) is 0. The van der Waals surface area contributed by atoms with Crippen molar-refractivity contribution >= 4 is 17.8 Å². The molecule has 0 unspecified atom stereocenters. The number of carbonyl (C=O) groups excluding carboxylic acids is 2. The fraction of sp³-hybridized carbons (Fsp3) is 0.238. The highest BCUT2D eigenvalue weighted by atomic mass is 16.5. The third-order valence-electron chi connectivity index (χ3n) is 3.89. The standard InChI is InChI=1S/C21H23N5O3/c1-15(2)29-18-11-7-6-10-17(18)20(28)24-21-23-14-26(25-21)13-19(27)22-12-16-8-4-3-5-9-16/h3-11,14-15H,12-13H2,1-2H3,(H,22,27)(H,24,25,28). The van der Waals surface area contributed by atoms with Gasteiger partial charge in [-0.05, 0) is 31.5 Å². The molecule has 0 saturated carbocycles. The van der Waals surface area contributed by atoms with Crippen LogP contribution in [0.1, 0.15) is 29.8 Å². The minimum atomic E-state index is -0.382. The van der Waals surface area contributed by atoms with Crippen LogP contribution in [0.15, 0.2) is 60.9 Å². The van der Waals surface area contributed by atoms with Gasteiger partial charge < -0.3 is 10.1 Å². The van der Waals surface area contributed by atoms with Gasteiger partial charge in [-0.15, -0.1) is 5.10 Å². The summed E-state index contributed by atoms with van der Waals surface area (Å²) in [6, 6.07) is 16.6. The molecule has 150 valence electrons. The molecule has 29 heavy (non-hydrogen) atoms. The third-order valence-corrected chi connectivity index (χ3v) is 3.89. The van der Waals surface area contributed by atoms with Crippen LogP contribution in [0.4, 0.5) is 5.95 Å². The van der Waals surface area contributed by atoms with Crippen molar-refractivity contribution in [3.8, 4) is 5.75 Å². The highest BCUT2D eigenvalue weighted by Crippen LogP contribution is 2.20. The number of rotatable bonds is 8. The Morgan fingerprint density at radius 1 is 1.07 bits per heavy atom. The summed E-state index contributed by atoms with van der Waals surface area (Å²) < 4.78 is 7.03. The van der Waals surface area contributed by atoms with Gasteiger partial charge in [0.05, 0.1) is 11.7 Å². The van der Waals surface area contributed by atoms with Crippen LogP contribution in [0.2, 0.25) is 0 Å². The number of ether oxygens (including phenoxy) is 1. The van der Waals surface area contributed by atoms with Crippen molar-refractivity contribution in [1.29, 1.82) is 0 Å². The Hall–Kier alpha value is -3.68. The highest BCUT2D eigenvalue weighted by molar-refractivity contribution is 6.05. The number of nitrogens with zero attached hydrogens (tertiary/aromatic N) is 3. The Labute approximate surface area is 168 Å². The van der Waals surface area contributed by atoms with E-state index in [0.29, 0.717) is 17.9 Å². The van der Waals surface area contributed by atoms with Gasteiger partial charge in [0, 0.05) is 6.54 Å². The topological polar surface area (TPSA) is 98.1 Å². The number of amides is 2. The molecular weight excluding hydrogens is 370 g/mol. The Kier molecular flexibility index (Phi) is 6.57. The molecule has 3 rings (SSSR count). The fourth-order valence-corrected chi connectivity index (χ4v) is 2.61. The van der Waals surface area contributed by atoms with Gasteiger partial charge in [0.1, 0.15) is 18.6 Å². The van der Waals surface area contributed by atoms with Gasteiger partial charge in [-0.3, -0.25) is 14.9 Å². The molecule has 0 spiro atoms. The Bertz CT molecular complexity index is 969. The Balaban J connectivity index is 1.56. The summed E-state index contributed by atoms with van der Waals surface area (Å²) in [5.74, 6) is 0.0183. The molecule has 2 aromatic carbocycles. The first-order valence-electron chi connectivity index (χ1n) is 9.28. The van der Waals surface area contributed by atoms with Crippen molar-refractivity contribution in [3.63, 3.8) is 0 Å². The number of benzene rings is 2. The summed E-state index contributed by atoms with van der Waals surface area (Å²) >= 11 is 0. The van der Waals surface area contributed by atoms with Crippen LogP contribution in [0.25, 0.3) is 0 Å². The second-order valence-electron chi connectivity index (χ2n) is 6.64. The fourth-order valence-electron chi connectivity index (χ4n) is 2.61. The third kappa shape index (κ3) is 5.90. The molecule has 2 amide bonds. The SMILES string of the molecule is CC(C)Oc1ccccc1C(=O)Nc1ncn(CC(=O)NCc2ccccc2)n1. The molecule has 0 aliphatic carbocycles. The number of anilines is 1. The summed E-state index contributed by atoms with van der Waals surface area (Å²) in [4.78, 5) is 28.7. The monoisotopic (exact) mass is 393 g/mol. The van der Waals surface area contributed by atoms with Crippen molar-refractivity contribution in [3.05, 3.63) is 72.1 Å². The molecule has 1 aromatic heterocycles. The van der Waals surface area contributed by atoms with Crippen LogP contribution < -0.4 is 15.4 Å². The molecule has 0 fully saturated rings. The first-order chi connectivity index (χ1) is 14.0. The summed E-state index contributed by atoms with van der Waals surface area (Å²) in [6.07, 6.45) is 1.34. The van der Waals surface area contributed by atoms with E-state index in [4.69, 9.17) is 4.74 Å². The van der Waals surface area contributed by atoms with Gasteiger partial charge in [0.2, 0.25) is 11.9 Å². The zero-order valence-corrected chi connectivity index (χ0v) is 16.3. The van der Waals surface area contributed by atoms with Gasteiger partial charge in [0.15, 0.2) is 0 Å². The van der Waals surface area contributed by atoms with E-state index in [1.165, 1.54) is 11.0 Å². The number of carbonyl (C=O) groups is 2.